The van der Waals surface area contributed by atoms with Gasteiger partial charge in [-0.1, -0.05) is 18.6 Å². The van der Waals surface area contributed by atoms with Crippen molar-refractivity contribution in [1.29, 1.82) is 0 Å². The van der Waals surface area contributed by atoms with Crippen LogP contribution in [0.2, 0.25) is 0 Å². The van der Waals surface area contributed by atoms with Crippen molar-refractivity contribution >= 4 is 21.8 Å². The first-order valence-electron chi connectivity index (χ1n) is 8.51. The van der Waals surface area contributed by atoms with Gasteiger partial charge in [-0.25, -0.2) is 0 Å². The molecule has 2 aliphatic carbocycles. The number of benzene rings is 1. The van der Waals surface area contributed by atoms with Gasteiger partial charge in [0.15, 0.2) is 6.10 Å². The maximum absolute atomic E-state index is 12.6. The third-order valence-electron chi connectivity index (χ3n) is 5.20. The molecule has 0 saturated heterocycles. The number of nitrogens with two attached hydrogens (primary N) is 1. The lowest BCUT2D eigenvalue weighted by atomic mass is 9.67. The number of nitrogens with one attached hydrogen (secondary N) is 1. The Morgan fingerprint density at radius 2 is 1.96 bits per heavy atom. The Kier molecular flexibility index (Phi) is 5.27. The van der Waals surface area contributed by atoms with Gasteiger partial charge in [-0.2, -0.15) is 0 Å². The van der Waals surface area contributed by atoms with Gasteiger partial charge in [-0.15, -0.1) is 0 Å². The predicted molar refractivity (Wildman–Crippen MR) is 94.2 cm³/mol. The van der Waals surface area contributed by atoms with Crippen LogP contribution in [0.5, 0.6) is 5.75 Å². The minimum Gasteiger partial charge on any atom is -0.480 e. The van der Waals surface area contributed by atoms with Crippen molar-refractivity contribution in [2.75, 3.05) is 0 Å². The topological polar surface area (TPSA) is 64.3 Å². The molecule has 1 amide bonds. The molecule has 5 heteroatoms. The van der Waals surface area contributed by atoms with Crippen LogP contribution in [0.1, 0.15) is 39.0 Å². The summed E-state index contributed by atoms with van der Waals surface area (Å²) in [5.41, 5.74) is 6.15. The summed E-state index contributed by atoms with van der Waals surface area (Å²) < 4.78 is 6.67. The molecule has 0 radical (unpaired) electrons. The Bertz CT molecular complexity index is 552. The molecule has 2 saturated carbocycles. The number of hydrogen-bond donors (Lipinski definition) is 2. The fraction of sp³-hybridized carbons (Fsp3) is 0.611. The number of carbonyl (C=O) groups excluding carboxylic acids is 1. The number of carbonyl (C=O) groups is 1. The summed E-state index contributed by atoms with van der Waals surface area (Å²) in [5.74, 6) is 1.72. The van der Waals surface area contributed by atoms with E-state index in [0.717, 1.165) is 17.3 Å². The maximum Gasteiger partial charge on any atom is 0.261 e. The molecule has 1 aromatic rings. The summed E-state index contributed by atoms with van der Waals surface area (Å²) in [4.78, 5) is 12.6. The van der Waals surface area contributed by atoms with Gasteiger partial charge in [0.1, 0.15) is 5.75 Å². The summed E-state index contributed by atoms with van der Waals surface area (Å²) in [6.45, 7) is 1.80. The fourth-order valence-corrected chi connectivity index (χ4v) is 4.47. The largest absolute Gasteiger partial charge is 0.480 e. The van der Waals surface area contributed by atoms with E-state index in [-0.39, 0.29) is 11.9 Å². The zero-order valence-corrected chi connectivity index (χ0v) is 15.1. The van der Waals surface area contributed by atoms with E-state index in [0.29, 0.717) is 23.6 Å². The minimum atomic E-state index is -0.509. The van der Waals surface area contributed by atoms with Gasteiger partial charge in [-0.3, -0.25) is 4.79 Å². The van der Waals surface area contributed by atoms with E-state index in [4.69, 9.17) is 10.5 Å². The lowest BCUT2D eigenvalue weighted by Crippen LogP contribution is -2.55. The lowest BCUT2D eigenvalue weighted by molar-refractivity contribution is -0.129. The first kappa shape index (κ1) is 16.8. The van der Waals surface area contributed by atoms with Gasteiger partial charge in [0.25, 0.3) is 5.91 Å². The molecule has 0 spiro atoms. The SMILES string of the molecule is CC(Oc1ccccc1Br)C(=O)NC1C2CCCC1CC(N)C2. The van der Waals surface area contributed by atoms with E-state index < -0.39 is 6.10 Å². The van der Waals surface area contributed by atoms with Crippen molar-refractivity contribution in [3.63, 3.8) is 0 Å². The first-order valence-corrected chi connectivity index (χ1v) is 9.31. The van der Waals surface area contributed by atoms with Crippen LogP contribution >= 0.6 is 15.9 Å². The van der Waals surface area contributed by atoms with Crippen LogP contribution in [0.15, 0.2) is 28.7 Å². The zero-order valence-electron chi connectivity index (χ0n) is 13.5. The Morgan fingerprint density at radius 1 is 1.30 bits per heavy atom. The Labute approximate surface area is 146 Å². The highest BCUT2D eigenvalue weighted by Gasteiger charge is 2.40. The van der Waals surface area contributed by atoms with Crippen molar-refractivity contribution in [3.05, 3.63) is 28.7 Å². The molecular weight excluding hydrogens is 356 g/mol. The Balaban J connectivity index is 1.61. The maximum atomic E-state index is 12.6. The quantitative estimate of drug-likeness (QED) is 0.842. The van der Waals surface area contributed by atoms with Gasteiger partial charge in [-0.05, 0) is 72.5 Å². The van der Waals surface area contributed by atoms with Gasteiger partial charge < -0.3 is 15.8 Å². The fourth-order valence-electron chi connectivity index (χ4n) is 4.09. The average molecular weight is 381 g/mol. The minimum absolute atomic E-state index is 0.0295. The molecule has 0 heterocycles. The molecule has 0 aromatic heterocycles. The first-order chi connectivity index (χ1) is 11.0. The molecule has 3 rings (SSSR count). The van der Waals surface area contributed by atoms with Gasteiger partial charge >= 0.3 is 0 Å². The average Bonchev–Trinajstić information content (AvgIpc) is 2.50. The third-order valence-corrected chi connectivity index (χ3v) is 5.85. The van der Waals surface area contributed by atoms with Crippen molar-refractivity contribution in [1.82, 2.24) is 5.32 Å². The smallest absolute Gasteiger partial charge is 0.261 e. The molecule has 23 heavy (non-hydrogen) atoms. The third kappa shape index (κ3) is 3.89. The van der Waals surface area contributed by atoms with E-state index in [2.05, 4.69) is 21.2 Å². The molecule has 0 aliphatic heterocycles. The summed E-state index contributed by atoms with van der Waals surface area (Å²) in [5, 5.41) is 3.25. The molecule has 4 nitrogen and oxygen atoms in total. The molecule has 2 bridgehead atoms. The van der Waals surface area contributed by atoms with Gasteiger partial charge in [0, 0.05) is 12.1 Å². The molecule has 3 atom stereocenters. The van der Waals surface area contributed by atoms with Crippen molar-refractivity contribution in [3.8, 4) is 5.75 Å². The lowest BCUT2D eigenvalue weighted by Gasteiger charge is -2.45. The van der Waals surface area contributed by atoms with Crippen LogP contribution in [0.3, 0.4) is 0 Å². The number of rotatable bonds is 4. The normalized spacial score (nSPS) is 31.3. The highest BCUT2D eigenvalue weighted by molar-refractivity contribution is 9.10. The standard InChI is InChI=1S/C18H25BrN2O2/c1-11(23-16-8-3-2-7-15(16)19)18(22)21-17-12-5-4-6-13(17)10-14(20)9-12/h2-3,7-8,11-14,17H,4-6,9-10,20H2,1H3,(H,21,22). The molecule has 3 N–H and O–H groups in total. The van der Waals surface area contributed by atoms with Gasteiger partial charge in [0.05, 0.1) is 4.47 Å². The summed E-state index contributed by atoms with van der Waals surface area (Å²) in [7, 11) is 0. The van der Waals surface area contributed by atoms with Crippen LogP contribution in [0.4, 0.5) is 0 Å². The predicted octanol–water partition coefficient (Wildman–Crippen LogP) is 3.24. The van der Waals surface area contributed by atoms with Crippen LogP contribution in [0, 0.1) is 11.8 Å². The number of halogens is 1. The molecule has 2 aliphatic rings. The van der Waals surface area contributed by atoms with E-state index in [9.17, 15) is 4.79 Å². The van der Waals surface area contributed by atoms with E-state index >= 15 is 0 Å². The monoisotopic (exact) mass is 380 g/mol. The number of amides is 1. The summed E-state index contributed by atoms with van der Waals surface area (Å²) in [6.07, 6.45) is 5.16. The molecule has 1 aromatic carbocycles. The Hall–Kier alpha value is -1.07. The number of fused-ring (bicyclic) bond motifs is 2. The second kappa shape index (κ2) is 7.22. The number of ether oxygens (including phenoxy) is 1. The Morgan fingerprint density at radius 3 is 2.61 bits per heavy atom. The molecule has 2 fully saturated rings. The number of hydrogen-bond acceptors (Lipinski definition) is 3. The summed E-state index contributed by atoms with van der Waals surface area (Å²) in [6, 6.07) is 8.16. The summed E-state index contributed by atoms with van der Waals surface area (Å²) >= 11 is 3.45. The number of para-hydroxylation sites is 1. The molecular formula is C18H25BrN2O2. The molecule has 3 unspecified atom stereocenters. The van der Waals surface area contributed by atoms with Crippen LogP contribution in [-0.4, -0.2) is 24.1 Å². The van der Waals surface area contributed by atoms with Gasteiger partial charge in [0.2, 0.25) is 0 Å². The van der Waals surface area contributed by atoms with E-state index in [1.54, 1.807) is 6.92 Å². The highest BCUT2D eigenvalue weighted by atomic mass is 79.9. The second-order valence-corrected chi connectivity index (χ2v) is 7.76. The molecule has 126 valence electrons. The van der Waals surface area contributed by atoms with Crippen LogP contribution in [-0.2, 0) is 4.79 Å². The van der Waals surface area contributed by atoms with Crippen molar-refractivity contribution in [2.24, 2.45) is 17.6 Å². The zero-order chi connectivity index (χ0) is 16.4. The van der Waals surface area contributed by atoms with Crippen molar-refractivity contribution < 1.29 is 9.53 Å². The van der Waals surface area contributed by atoms with E-state index in [1.165, 1.54) is 19.3 Å². The van der Waals surface area contributed by atoms with Crippen LogP contribution in [0.25, 0.3) is 0 Å². The van der Waals surface area contributed by atoms with E-state index in [1.807, 2.05) is 24.3 Å². The second-order valence-electron chi connectivity index (χ2n) is 6.91. The van der Waals surface area contributed by atoms with Crippen molar-refractivity contribution in [2.45, 2.75) is 57.2 Å². The highest BCUT2D eigenvalue weighted by Crippen LogP contribution is 2.39. The van der Waals surface area contributed by atoms with Crippen LogP contribution < -0.4 is 15.8 Å².